The van der Waals surface area contributed by atoms with Crippen molar-refractivity contribution in [1.82, 2.24) is 4.57 Å². The van der Waals surface area contributed by atoms with Gasteiger partial charge in [-0.3, -0.25) is 0 Å². The van der Waals surface area contributed by atoms with Crippen molar-refractivity contribution in [2.45, 2.75) is 6.92 Å². The third-order valence-corrected chi connectivity index (χ3v) is 3.46. The molecule has 1 aromatic heterocycles. The Labute approximate surface area is 132 Å². The molecule has 0 amide bonds. The van der Waals surface area contributed by atoms with E-state index in [4.69, 9.17) is 0 Å². The van der Waals surface area contributed by atoms with Crippen LogP contribution in [0.5, 0.6) is 0 Å². The highest BCUT2D eigenvalue weighted by molar-refractivity contribution is 5.80. The molecule has 1 heterocycles. The smallest absolute Gasteiger partial charge is 0.0540 e. The third-order valence-electron chi connectivity index (χ3n) is 3.46. The Bertz CT molecular complexity index is 740. The highest BCUT2D eigenvalue weighted by Crippen LogP contribution is 2.31. The molecule has 0 radical (unpaired) electrons. The van der Waals surface area contributed by atoms with Gasteiger partial charge in [0, 0.05) is 16.8 Å². The molecular formula is C21H21N. The maximum Gasteiger partial charge on any atom is 0.0540 e. The number of hydrogen-bond acceptors (Lipinski definition) is 0. The molecule has 1 nitrogen and oxygen atoms in total. The van der Waals surface area contributed by atoms with Gasteiger partial charge >= 0.3 is 0 Å². The first kappa shape index (κ1) is 15.6. The van der Waals surface area contributed by atoms with Gasteiger partial charge in [-0.05, 0) is 31.2 Å². The minimum Gasteiger partial charge on any atom is -0.309 e. The Kier molecular flexibility index (Phi) is 5.16. The van der Waals surface area contributed by atoms with Crippen LogP contribution in [0.15, 0.2) is 68.3 Å². The van der Waals surface area contributed by atoms with Crippen LogP contribution in [0.2, 0.25) is 0 Å². The van der Waals surface area contributed by atoms with E-state index in [1.54, 1.807) is 6.08 Å². The number of aromatic nitrogens is 1. The third kappa shape index (κ3) is 2.79. The van der Waals surface area contributed by atoms with Crippen molar-refractivity contribution >= 4 is 24.3 Å². The maximum absolute atomic E-state index is 3.97. The van der Waals surface area contributed by atoms with Gasteiger partial charge in [-0.1, -0.05) is 68.3 Å². The molecule has 0 unspecified atom stereocenters. The summed E-state index contributed by atoms with van der Waals surface area (Å²) in [6, 6.07) is 10.3. The van der Waals surface area contributed by atoms with E-state index in [1.807, 2.05) is 49.4 Å². The summed E-state index contributed by atoms with van der Waals surface area (Å²) in [6.45, 7) is 13.7. The normalized spacial score (nSPS) is 11.1. The number of para-hydroxylation sites is 1. The number of nitrogens with zero attached hydrogens (tertiary/aromatic N) is 1. The van der Waals surface area contributed by atoms with Gasteiger partial charge in [0.15, 0.2) is 0 Å². The molecule has 110 valence electrons. The molecule has 0 N–H and O–H groups in total. The molecule has 0 atom stereocenters. The Morgan fingerprint density at radius 3 is 1.95 bits per heavy atom. The minimum absolute atomic E-state index is 1.07. The second-order valence-corrected chi connectivity index (χ2v) is 4.77. The van der Waals surface area contributed by atoms with Gasteiger partial charge in [0.2, 0.25) is 0 Å². The van der Waals surface area contributed by atoms with Gasteiger partial charge in [-0.2, -0.15) is 0 Å². The van der Waals surface area contributed by atoms with E-state index < -0.39 is 0 Å². The predicted octanol–water partition coefficient (Wildman–Crippen LogP) is 6.00. The van der Waals surface area contributed by atoms with Crippen LogP contribution in [0.3, 0.4) is 0 Å². The molecule has 2 rings (SSSR count). The van der Waals surface area contributed by atoms with Crippen molar-refractivity contribution in [3.63, 3.8) is 0 Å². The Hall–Kier alpha value is -2.80. The molecule has 0 saturated carbocycles. The van der Waals surface area contributed by atoms with Crippen molar-refractivity contribution < 1.29 is 0 Å². The van der Waals surface area contributed by atoms with Gasteiger partial charge in [0.05, 0.1) is 11.4 Å². The van der Waals surface area contributed by atoms with Crippen LogP contribution in [-0.2, 0) is 0 Å². The lowest BCUT2D eigenvalue weighted by Crippen LogP contribution is -1.99. The standard InChI is InChI=1S/C21H21N/c1-5-9-16-21-19(8-4)18(7-3)20(13-6-2)22(21)17-14-11-10-12-15-17/h5-16H,1,3-4H2,2H3/b13-6-,16-9-. The van der Waals surface area contributed by atoms with Gasteiger partial charge in [0.25, 0.3) is 0 Å². The quantitative estimate of drug-likeness (QED) is 0.575. The fraction of sp³-hybridized carbons (Fsp3) is 0.0476. The van der Waals surface area contributed by atoms with E-state index in [0.29, 0.717) is 0 Å². The van der Waals surface area contributed by atoms with Crippen molar-refractivity contribution in [3.8, 4) is 5.69 Å². The summed E-state index contributed by atoms with van der Waals surface area (Å²) in [5, 5.41) is 0. The first-order valence-electron chi connectivity index (χ1n) is 7.29. The van der Waals surface area contributed by atoms with Gasteiger partial charge in [-0.15, -0.1) is 0 Å². The van der Waals surface area contributed by atoms with Crippen LogP contribution in [-0.4, -0.2) is 4.57 Å². The second-order valence-electron chi connectivity index (χ2n) is 4.77. The molecule has 0 bridgehead atoms. The zero-order valence-corrected chi connectivity index (χ0v) is 13.0. The number of rotatable bonds is 6. The predicted molar refractivity (Wildman–Crippen MR) is 99.9 cm³/mol. The van der Waals surface area contributed by atoms with Crippen LogP contribution >= 0.6 is 0 Å². The zero-order valence-electron chi connectivity index (χ0n) is 13.0. The Morgan fingerprint density at radius 1 is 0.864 bits per heavy atom. The van der Waals surface area contributed by atoms with E-state index in [-0.39, 0.29) is 0 Å². The first-order valence-corrected chi connectivity index (χ1v) is 7.29. The highest BCUT2D eigenvalue weighted by atomic mass is 15.0. The van der Waals surface area contributed by atoms with Crippen molar-refractivity contribution in [3.05, 3.63) is 90.8 Å². The summed E-state index contributed by atoms with van der Waals surface area (Å²) in [4.78, 5) is 0. The molecule has 1 aromatic carbocycles. The second kappa shape index (κ2) is 7.28. The molecular weight excluding hydrogens is 266 g/mol. The molecule has 0 aliphatic heterocycles. The Balaban J connectivity index is 2.90. The van der Waals surface area contributed by atoms with Crippen molar-refractivity contribution in [2.75, 3.05) is 0 Å². The highest BCUT2D eigenvalue weighted by Gasteiger charge is 2.16. The molecule has 22 heavy (non-hydrogen) atoms. The number of allylic oxidation sites excluding steroid dienone is 3. The number of hydrogen-bond donors (Lipinski definition) is 0. The summed E-state index contributed by atoms with van der Waals surface area (Å²) in [5.74, 6) is 0. The molecule has 1 heteroatoms. The average Bonchev–Trinajstić information content (AvgIpc) is 2.86. The fourth-order valence-electron chi connectivity index (χ4n) is 2.58. The van der Waals surface area contributed by atoms with E-state index >= 15 is 0 Å². The fourth-order valence-corrected chi connectivity index (χ4v) is 2.58. The topological polar surface area (TPSA) is 4.93 Å². The molecule has 0 aliphatic rings. The maximum atomic E-state index is 3.97. The van der Waals surface area contributed by atoms with Crippen molar-refractivity contribution in [1.29, 1.82) is 0 Å². The zero-order chi connectivity index (χ0) is 15.9. The van der Waals surface area contributed by atoms with E-state index in [9.17, 15) is 0 Å². The average molecular weight is 287 g/mol. The lowest BCUT2D eigenvalue weighted by atomic mass is 10.1. The lowest BCUT2D eigenvalue weighted by molar-refractivity contribution is 1.04. The van der Waals surface area contributed by atoms with Crippen LogP contribution in [0, 0.1) is 0 Å². The summed E-state index contributed by atoms with van der Waals surface area (Å²) in [5.41, 5.74) is 5.44. The summed E-state index contributed by atoms with van der Waals surface area (Å²) >= 11 is 0. The first-order chi connectivity index (χ1) is 10.8. The van der Waals surface area contributed by atoms with Gasteiger partial charge < -0.3 is 4.57 Å². The van der Waals surface area contributed by atoms with Crippen LogP contribution in [0.1, 0.15) is 29.4 Å². The Morgan fingerprint density at radius 2 is 1.45 bits per heavy atom. The molecule has 2 aromatic rings. The van der Waals surface area contributed by atoms with E-state index in [2.05, 4.69) is 48.6 Å². The van der Waals surface area contributed by atoms with E-state index in [0.717, 1.165) is 28.2 Å². The monoisotopic (exact) mass is 287 g/mol. The summed E-state index contributed by atoms with van der Waals surface area (Å²) < 4.78 is 2.22. The molecule has 0 spiro atoms. The van der Waals surface area contributed by atoms with Gasteiger partial charge in [0.1, 0.15) is 0 Å². The lowest BCUT2D eigenvalue weighted by Gasteiger charge is -2.10. The SMILES string of the molecule is C=C/C=C\c1c(C=C)c(C=C)c(/C=C\C)n1-c1ccccc1. The molecule has 0 fully saturated rings. The summed E-state index contributed by atoms with van der Waals surface area (Å²) in [7, 11) is 0. The van der Waals surface area contributed by atoms with Gasteiger partial charge in [-0.25, -0.2) is 0 Å². The van der Waals surface area contributed by atoms with E-state index in [1.165, 1.54) is 0 Å². The van der Waals surface area contributed by atoms with Crippen LogP contribution in [0.4, 0.5) is 0 Å². The minimum atomic E-state index is 1.07. The molecule has 0 aliphatic carbocycles. The van der Waals surface area contributed by atoms with Crippen LogP contribution < -0.4 is 0 Å². The number of benzene rings is 1. The molecule has 0 saturated heterocycles. The van der Waals surface area contributed by atoms with Crippen LogP contribution in [0.25, 0.3) is 30.0 Å². The largest absolute Gasteiger partial charge is 0.309 e. The van der Waals surface area contributed by atoms with Crippen molar-refractivity contribution in [2.24, 2.45) is 0 Å². The summed E-state index contributed by atoms with van der Waals surface area (Å²) in [6.07, 6.45) is 13.7.